The Morgan fingerprint density at radius 3 is 1.47 bits per heavy atom. The number of benzene rings is 3. The fraction of sp³-hybridized carbons (Fsp3) is 0.447. The van der Waals surface area contributed by atoms with E-state index in [-0.39, 0.29) is 24.7 Å². The van der Waals surface area contributed by atoms with Crippen LogP contribution in [0.3, 0.4) is 0 Å². The number of carbonyl (C=O) groups is 2. The number of aliphatic imine (C=N–C) groups is 1. The van der Waals surface area contributed by atoms with Gasteiger partial charge in [-0.05, 0) is 79.0 Å². The van der Waals surface area contributed by atoms with Crippen molar-refractivity contribution in [3.63, 3.8) is 0 Å². The average molecular weight is 755 g/mol. The van der Waals surface area contributed by atoms with Gasteiger partial charge < -0.3 is 29.2 Å². The van der Waals surface area contributed by atoms with Crippen molar-refractivity contribution < 1.29 is 50.9 Å². The standard InChI is InChI=1S/C9H21N3O.C8H6F4O.2C8H10O.C5H7NO3/c1-5-10-9(13-4)11-7-6-8-12(2)3;1-3-4(9)6(11)8(13-2)7(12)5(3)10;2*1-7-3-5-8(9-2)6-4-7;1-9-6-4(7)2-3-5(6)8/h5-8H2,1-4H3,(H,10,11);1-2H3;2*3-6H,1-2H3;2-3H2,1H3. The number of aryl methyl sites for hydroxylation is 2. The van der Waals surface area contributed by atoms with Crippen LogP contribution in [0, 0.1) is 44.0 Å². The lowest BCUT2D eigenvalue weighted by atomic mass is 10.2. The Morgan fingerprint density at radius 2 is 1.17 bits per heavy atom. The van der Waals surface area contributed by atoms with Gasteiger partial charge in [-0.3, -0.25) is 14.4 Å². The molecular weight excluding hydrogens is 700 g/mol. The number of hydrogen-bond donors (Lipinski definition) is 1. The van der Waals surface area contributed by atoms with Crippen LogP contribution in [0.25, 0.3) is 0 Å². The van der Waals surface area contributed by atoms with Gasteiger partial charge in [0.2, 0.25) is 11.6 Å². The van der Waals surface area contributed by atoms with Crippen LogP contribution < -0.4 is 19.5 Å². The molecule has 0 spiro atoms. The van der Waals surface area contributed by atoms with Gasteiger partial charge in [0, 0.05) is 31.5 Å². The van der Waals surface area contributed by atoms with E-state index >= 15 is 0 Å². The Kier molecular flexibility index (Phi) is 24.3. The number of ether oxygens (including phenoxy) is 4. The Bertz CT molecular complexity index is 1450. The highest BCUT2D eigenvalue weighted by Crippen LogP contribution is 2.28. The fourth-order valence-corrected chi connectivity index (χ4v) is 3.92. The zero-order chi connectivity index (χ0) is 40.5. The highest BCUT2D eigenvalue weighted by atomic mass is 19.2. The number of hydrogen-bond acceptors (Lipinski definition) is 9. The second-order valence-corrected chi connectivity index (χ2v) is 11.3. The van der Waals surface area contributed by atoms with Crippen molar-refractivity contribution in [1.29, 1.82) is 0 Å². The van der Waals surface area contributed by atoms with Crippen molar-refractivity contribution in [2.24, 2.45) is 4.99 Å². The number of halogens is 4. The van der Waals surface area contributed by atoms with E-state index in [1.807, 2.05) is 55.5 Å². The van der Waals surface area contributed by atoms with Gasteiger partial charge >= 0.3 is 0 Å². The number of carbonyl (C=O) groups excluding carboxylic acids is 2. The third-order valence-corrected chi connectivity index (χ3v) is 6.89. The molecule has 0 aliphatic carbocycles. The summed E-state index contributed by atoms with van der Waals surface area (Å²) in [5, 5.41) is 3.83. The van der Waals surface area contributed by atoms with E-state index in [4.69, 9.17) is 14.2 Å². The molecule has 296 valence electrons. The zero-order valence-electron chi connectivity index (χ0n) is 32.6. The summed E-state index contributed by atoms with van der Waals surface area (Å²) in [5.41, 5.74) is 1.82. The predicted molar refractivity (Wildman–Crippen MR) is 197 cm³/mol. The maximum absolute atomic E-state index is 12.8. The molecular formula is C38H54F4N4O7. The van der Waals surface area contributed by atoms with E-state index in [9.17, 15) is 27.2 Å². The molecule has 4 rings (SSSR count). The fourth-order valence-electron chi connectivity index (χ4n) is 3.92. The molecule has 0 saturated carbocycles. The molecule has 0 atom stereocenters. The molecule has 1 aliphatic rings. The number of imide groups is 1. The van der Waals surface area contributed by atoms with Gasteiger partial charge in [0.05, 0.1) is 35.5 Å². The van der Waals surface area contributed by atoms with Crippen LogP contribution >= 0.6 is 0 Å². The number of amidine groups is 1. The molecule has 3 aromatic carbocycles. The van der Waals surface area contributed by atoms with E-state index in [1.165, 1.54) is 18.2 Å². The van der Waals surface area contributed by atoms with Gasteiger partial charge in [0.15, 0.2) is 17.4 Å². The Balaban J connectivity index is 0.000000644. The Morgan fingerprint density at radius 1 is 0.736 bits per heavy atom. The first-order valence-corrected chi connectivity index (χ1v) is 16.6. The molecule has 0 unspecified atom stereocenters. The minimum absolute atomic E-state index is 0.248. The van der Waals surface area contributed by atoms with E-state index in [0.29, 0.717) is 6.02 Å². The van der Waals surface area contributed by atoms with Gasteiger partial charge in [-0.2, -0.15) is 13.8 Å². The third-order valence-electron chi connectivity index (χ3n) is 6.89. The second-order valence-electron chi connectivity index (χ2n) is 11.3. The first-order valence-electron chi connectivity index (χ1n) is 16.6. The number of nitrogens with one attached hydrogen (secondary N) is 1. The van der Waals surface area contributed by atoms with Crippen molar-refractivity contribution >= 4 is 17.8 Å². The van der Waals surface area contributed by atoms with Crippen molar-refractivity contribution in [3.05, 3.63) is 88.5 Å². The van der Waals surface area contributed by atoms with E-state index < -0.39 is 34.6 Å². The largest absolute Gasteiger partial charge is 0.497 e. The SMILES string of the molecule is CCNC(=NCCCN(C)C)OC.CON1C(=O)CCC1=O.COc1c(F)c(F)c(C)c(F)c1F.COc1ccc(C)cc1.COc1ccc(C)cc1. The monoisotopic (exact) mass is 754 g/mol. The maximum atomic E-state index is 12.8. The molecule has 1 heterocycles. The van der Waals surface area contributed by atoms with Crippen molar-refractivity contribution in [2.45, 2.75) is 47.0 Å². The molecule has 0 aromatic heterocycles. The average Bonchev–Trinajstić information content (AvgIpc) is 3.49. The summed E-state index contributed by atoms with van der Waals surface area (Å²) in [5.74, 6) is -5.60. The van der Waals surface area contributed by atoms with Crippen LogP contribution in [0.1, 0.15) is 42.9 Å². The number of nitrogens with zero attached hydrogens (tertiary/aromatic N) is 3. The van der Waals surface area contributed by atoms with Gasteiger partial charge in [-0.25, -0.2) is 13.8 Å². The van der Waals surface area contributed by atoms with E-state index in [1.54, 1.807) is 21.3 Å². The minimum atomic E-state index is -1.51. The summed E-state index contributed by atoms with van der Waals surface area (Å²) in [6.07, 6.45) is 1.63. The number of hydroxylamine groups is 2. The van der Waals surface area contributed by atoms with Gasteiger partial charge in [0.1, 0.15) is 11.5 Å². The molecule has 1 saturated heterocycles. The van der Waals surface area contributed by atoms with Crippen LogP contribution in [-0.2, 0) is 19.2 Å². The molecule has 1 fully saturated rings. The summed E-state index contributed by atoms with van der Waals surface area (Å²) in [4.78, 5) is 32.1. The minimum Gasteiger partial charge on any atom is -0.497 e. The highest BCUT2D eigenvalue weighted by Gasteiger charge is 2.28. The van der Waals surface area contributed by atoms with Crippen LogP contribution in [0.2, 0.25) is 0 Å². The molecule has 1 N–H and O–H groups in total. The molecule has 2 amide bonds. The lowest BCUT2D eigenvalue weighted by Gasteiger charge is -2.08. The smallest absolute Gasteiger partial charge is 0.284 e. The van der Waals surface area contributed by atoms with Crippen molar-refractivity contribution in [3.8, 4) is 17.2 Å². The Hall–Kier alpha value is -4.89. The topological polar surface area (TPSA) is 111 Å². The van der Waals surface area contributed by atoms with Gasteiger partial charge in [-0.15, -0.1) is 0 Å². The molecule has 53 heavy (non-hydrogen) atoms. The summed E-state index contributed by atoms with van der Waals surface area (Å²) < 4.78 is 70.2. The molecule has 15 heteroatoms. The zero-order valence-corrected chi connectivity index (χ0v) is 32.6. The van der Waals surface area contributed by atoms with Crippen LogP contribution in [0.15, 0.2) is 53.5 Å². The van der Waals surface area contributed by atoms with Gasteiger partial charge in [-0.1, -0.05) is 35.4 Å². The summed E-state index contributed by atoms with van der Waals surface area (Å²) >= 11 is 0. The molecule has 3 aromatic rings. The molecule has 0 radical (unpaired) electrons. The van der Waals surface area contributed by atoms with Crippen molar-refractivity contribution in [1.82, 2.24) is 15.3 Å². The first kappa shape index (κ1) is 48.1. The maximum Gasteiger partial charge on any atom is 0.284 e. The second kappa shape index (κ2) is 26.8. The molecule has 0 bridgehead atoms. The molecule has 11 nitrogen and oxygen atoms in total. The number of rotatable bonds is 9. The molecule has 1 aliphatic heterocycles. The summed E-state index contributed by atoms with van der Waals surface area (Å²) in [6.45, 7) is 9.80. The number of methoxy groups -OCH3 is 4. The Labute approximate surface area is 310 Å². The van der Waals surface area contributed by atoms with Crippen LogP contribution in [-0.4, -0.2) is 97.1 Å². The lowest BCUT2D eigenvalue weighted by molar-refractivity contribution is -0.179. The van der Waals surface area contributed by atoms with Crippen LogP contribution in [0.4, 0.5) is 17.6 Å². The van der Waals surface area contributed by atoms with E-state index in [0.717, 1.165) is 56.7 Å². The summed E-state index contributed by atoms with van der Waals surface area (Å²) in [7, 11) is 11.3. The normalized spacial score (nSPS) is 11.8. The lowest BCUT2D eigenvalue weighted by Crippen LogP contribution is -2.27. The number of amides is 2. The first-order chi connectivity index (χ1) is 25.1. The predicted octanol–water partition coefficient (Wildman–Crippen LogP) is 6.81. The van der Waals surface area contributed by atoms with Crippen LogP contribution in [0.5, 0.6) is 17.2 Å². The van der Waals surface area contributed by atoms with E-state index in [2.05, 4.69) is 52.7 Å². The third kappa shape index (κ3) is 18.4. The highest BCUT2D eigenvalue weighted by molar-refractivity contribution is 6.00. The quantitative estimate of drug-likeness (QED) is 0.0629. The van der Waals surface area contributed by atoms with Crippen molar-refractivity contribution in [2.75, 3.05) is 69.3 Å². The summed E-state index contributed by atoms with van der Waals surface area (Å²) in [6, 6.07) is 16.6. The van der Waals surface area contributed by atoms with Gasteiger partial charge in [0.25, 0.3) is 17.8 Å².